The lowest BCUT2D eigenvalue weighted by Gasteiger charge is -2.34. The van der Waals surface area contributed by atoms with Gasteiger partial charge in [-0.2, -0.15) is 20.2 Å². The molecule has 1 aliphatic carbocycles. The summed E-state index contributed by atoms with van der Waals surface area (Å²) in [6.07, 6.45) is 9.37. The molecule has 4 saturated heterocycles. The predicted molar refractivity (Wildman–Crippen MR) is 301 cm³/mol. The molecular formula is C60H70N12O5. The third-order valence-corrected chi connectivity index (χ3v) is 16.3. The maximum Gasteiger partial charge on any atom is 0.319 e. The van der Waals surface area contributed by atoms with Crippen molar-refractivity contribution < 1.29 is 24.1 Å². The Hall–Kier alpha value is -7.34. The average Bonchev–Trinajstić information content (AvgIpc) is 4.26. The average molecular weight is 1040 g/mol. The number of aryl methyl sites for hydroxylation is 1. The zero-order valence-corrected chi connectivity index (χ0v) is 45.0. The number of hydrogen-bond donors (Lipinski definition) is 5. The Morgan fingerprint density at radius 1 is 0.961 bits per heavy atom. The fraction of sp³-hybridized carbons (Fsp3) is 0.433. The normalized spacial score (nSPS) is 20.8. The molecule has 4 aromatic carbocycles. The van der Waals surface area contributed by atoms with Gasteiger partial charge >= 0.3 is 6.01 Å². The summed E-state index contributed by atoms with van der Waals surface area (Å²) < 4.78 is 21.6. The summed E-state index contributed by atoms with van der Waals surface area (Å²) in [7, 11) is 1.89. The van der Waals surface area contributed by atoms with E-state index in [0.717, 1.165) is 135 Å². The fourth-order valence-corrected chi connectivity index (χ4v) is 12.5. The lowest BCUT2D eigenvalue weighted by molar-refractivity contribution is 0.0219. The van der Waals surface area contributed by atoms with E-state index in [1.165, 1.54) is 5.56 Å². The summed E-state index contributed by atoms with van der Waals surface area (Å²) in [6, 6.07) is 21.3. The lowest BCUT2D eigenvalue weighted by atomic mass is 9.89. The van der Waals surface area contributed by atoms with Gasteiger partial charge in [0, 0.05) is 103 Å². The van der Waals surface area contributed by atoms with Crippen LogP contribution in [0.1, 0.15) is 117 Å². The van der Waals surface area contributed by atoms with Gasteiger partial charge in [0.15, 0.2) is 12.0 Å². The molecule has 17 heteroatoms. The van der Waals surface area contributed by atoms with Crippen LogP contribution in [0.3, 0.4) is 0 Å². The van der Waals surface area contributed by atoms with Crippen molar-refractivity contribution in [3.63, 3.8) is 0 Å². The fourth-order valence-electron chi connectivity index (χ4n) is 12.5. The molecule has 400 valence electrons. The monoisotopic (exact) mass is 1040 g/mol. The van der Waals surface area contributed by atoms with Crippen LogP contribution in [0.2, 0.25) is 0 Å². The number of β-amino-alcohol motifs (C(OH)–C–C–N with tert-alkyl or cyclic N) is 1. The first-order valence-corrected chi connectivity index (χ1v) is 27.7. The Morgan fingerprint density at radius 2 is 1.79 bits per heavy atom. The molecule has 5 atom stereocenters. The van der Waals surface area contributed by atoms with Crippen molar-refractivity contribution in [3.05, 3.63) is 114 Å². The van der Waals surface area contributed by atoms with Crippen LogP contribution < -0.4 is 25.0 Å². The second-order valence-corrected chi connectivity index (χ2v) is 21.7. The SMILES string of the molecule is C=C(C(C(C)C)n1cc(-c2ccc(COc3c(-c4c(C)ccc5[nH]ncc45)c(C4CC4)cc4c(N5CC6CC5CN6)nc(OC5CCOCC5)nc34)cc2NC)c(C=O)n1)N1CC(O)CC1c1nc2ccccc2[nH]1.CC. The molecule has 0 radical (unpaired) electrons. The number of ether oxygens (including phenoxy) is 3. The standard InChI is InChI=1S/C58H64N12O5.C2H6/c1-31(2)54(33(4)68-27-38(72)22-50(68)56-62-46-8-6-7-9-47(46)63-56)70-28-44(49(29-71)67-70)40-14-11-34(20-48(40)59-5)30-74-55-52(51-32(3)10-15-45-43(51)25-61-66-45)41(35-12-13-35)23-42-53(55)64-58(75-39-16-18-73-19-17-39)65-57(42)69-26-36-21-37(69)24-60-36;1-2/h6-11,14-15,20,23,25,28-29,31,35-39,50,54,59-60,72H,4,12-13,16-19,21-22,24,26-27,30H2,1-3,5H3,(H,61,66)(H,62,63);1-2H3. The Balaban J connectivity index is 0.00000295. The number of aliphatic hydroxyl groups excluding tert-OH is 1. The molecular weight excluding hydrogens is 969 g/mol. The van der Waals surface area contributed by atoms with Crippen LogP contribution in [0.15, 0.2) is 85.3 Å². The van der Waals surface area contributed by atoms with Gasteiger partial charge in [0.05, 0.1) is 54.1 Å². The van der Waals surface area contributed by atoms with Gasteiger partial charge in [-0.1, -0.05) is 64.6 Å². The van der Waals surface area contributed by atoms with Gasteiger partial charge in [-0.15, -0.1) is 0 Å². The third-order valence-electron chi connectivity index (χ3n) is 16.3. The minimum atomic E-state index is -0.559. The largest absolute Gasteiger partial charge is 0.486 e. The van der Waals surface area contributed by atoms with Crippen LogP contribution in [-0.2, 0) is 11.3 Å². The molecule has 4 aliphatic heterocycles. The van der Waals surface area contributed by atoms with Gasteiger partial charge in [0.1, 0.15) is 35.6 Å². The molecule has 5 N–H and O–H groups in total. The number of hydrogen-bond acceptors (Lipinski definition) is 14. The number of aliphatic hydroxyl groups is 1. The van der Waals surface area contributed by atoms with E-state index in [4.69, 9.17) is 34.3 Å². The van der Waals surface area contributed by atoms with E-state index in [0.29, 0.717) is 67.2 Å². The van der Waals surface area contributed by atoms with E-state index >= 15 is 0 Å². The van der Waals surface area contributed by atoms with Gasteiger partial charge in [-0.3, -0.25) is 14.6 Å². The molecule has 0 amide bonds. The molecule has 77 heavy (non-hydrogen) atoms. The summed E-state index contributed by atoms with van der Waals surface area (Å²) in [4.78, 5) is 36.6. The number of aromatic nitrogens is 8. The van der Waals surface area contributed by atoms with E-state index in [1.54, 1.807) is 0 Å². The van der Waals surface area contributed by atoms with Gasteiger partial charge in [0.2, 0.25) is 0 Å². The number of allylic oxidation sites excluding steroid dienone is 1. The minimum absolute atomic E-state index is 0.0408. The molecule has 8 aromatic rings. The molecule has 1 saturated carbocycles. The second kappa shape index (κ2) is 20.9. The highest BCUT2D eigenvalue weighted by Gasteiger charge is 2.42. The van der Waals surface area contributed by atoms with Gasteiger partial charge in [-0.25, -0.2) is 4.98 Å². The summed E-state index contributed by atoms with van der Waals surface area (Å²) in [5.41, 5.74) is 12.3. The van der Waals surface area contributed by atoms with E-state index in [1.807, 2.05) is 68.3 Å². The molecule has 4 aromatic heterocycles. The number of carbonyl (C=O) groups excluding carboxylic acids is 1. The summed E-state index contributed by atoms with van der Waals surface area (Å²) in [5, 5.41) is 32.9. The number of rotatable bonds is 16. The van der Waals surface area contributed by atoms with E-state index in [9.17, 15) is 9.90 Å². The number of piperazine rings is 1. The zero-order chi connectivity index (χ0) is 53.1. The molecule has 13 rings (SSSR count). The predicted octanol–water partition coefficient (Wildman–Crippen LogP) is 10.2. The smallest absolute Gasteiger partial charge is 0.319 e. The molecule has 17 nitrogen and oxygen atoms in total. The van der Waals surface area contributed by atoms with Crippen molar-refractivity contribution in [2.45, 2.75) is 122 Å². The number of nitrogens with zero attached hydrogens (tertiary/aromatic N) is 8. The second-order valence-electron chi connectivity index (χ2n) is 21.7. The molecule has 5 fully saturated rings. The Kier molecular flexibility index (Phi) is 13.7. The van der Waals surface area contributed by atoms with Gasteiger partial charge in [-0.05, 0) is 90.6 Å². The van der Waals surface area contributed by atoms with Gasteiger partial charge in [0.25, 0.3) is 0 Å². The number of H-pyrrole nitrogens is 2. The number of benzene rings is 4. The highest BCUT2D eigenvalue weighted by atomic mass is 16.5. The first kappa shape index (κ1) is 50.5. The summed E-state index contributed by atoms with van der Waals surface area (Å²) in [6.45, 7) is 18.7. The van der Waals surface area contributed by atoms with Crippen LogP contribution in [0.25, 0.3) is 55.1 Å². The number of imidazole rings is 1. The molecule has 5 aliphatic rings. The third kappa shape index (κ3) is 9.35. The Morgan fingerprint density at radius 3 is 2.53 bits per heavy atom. The molecule has 2 bridgehead atoms. The van der Waals surface area contributed by atoms with Crippen molar-refractivity contribution in [2.24, 2.45) is 5.92 Å². The number of para-hydroxylation sites is 2. The van der Waals surface area contributed by atoms with Crippen LogP contribution >= 0.6 is 0 Å². The van der Waals surface area contributed by atoms with Crippen molar-refractivity contribution in [3.8, 4) is 34.0 Å². The van der Waals surface area contributed by atoms with Crippen molar-refractivity contribution in [1.82, 2.24) is 50.1 Å². The van der Waals surface area contributed by atoms with E-state index in [2.05, 4.69) is 93.3 Å². The van der Waals surface area contributed by atoms with E-state index in [-0.39, 0.29) is 30.7 Å². The van der Waals surface area contributed by atoms with Crippen molar-refractivity contribution in [1.29, 1.82) is 0 Å². The van der Waals surface area contributed by atoms with Gasteiger partial charge < -0.3 is 44.7 Å². The number of nitrogens with one attached hydrogen (secondary N) is 4. The van der Waals surface area contributed by atoms with Crippen molar-refractivity contribution in [2.75, 3.05) is 50.1 Å². The number of aromatic amines is 2. The molecule has 5 unspecified atom stereocenters. The highest BCUT2D eigenvalue weighted by molar-refractivity contribution is 6.06. The zero-order valence-electron chi connectivity index (χ0n) is 45.0. The number of likely N-dealkylation sites (tertiary alicyclic amines) is 1. The van der Waals surface area contributed by atoms with E-state index < -0.39 is 6.10 Å². The molecule has 0 spiro atoms. The number of aldehydes is 1. The number of fused-ring (bicyclic) bond motifs is 5. The first-order chi connectivity index (χ1) is 37.6. The van der Waals surface area contributed by atoms with Crippen LogP contribution in [0, 0.1) is 12.8 Å². The molecule has 8 heterocycles. The quantitative estimate of drug-likeness (QED) is 0.0573. The van der Waals surface area contributed by atoms with Crippen LogP contribution in [0.4, 0.5) is 11.5 Å². The number of carbonyl (C=O) groups is 1. The maximum absolute atomic E-state index is 13.0. The Bertz CT molecular complexity index is 3470. The first-order valence-electron chi connectivity index (χ1n) is 27.7. The van der Waals surface area contributed by atoms with Crippen molar-refractivity contribution >= 4 is 50.6 Å². The minimum Gasteiger partial charge on any atom is -0.486 e. The van der Waals surface area contributed by atoms with Crippen LogP contribution in [0.5, 0.6) is 11.8 Å². The number of anilines is 2. The topological polar surface area (TPSA) is 196 Å². The maximum atomic E-state index is 13.0. The van der Waals surface area contributed by atoms with Crippen LogP contribution in [-0.4, -0.2) is 120 Å². The highest BCUT2D eigenvalue weighted by Crippen LogP contribution is 2.53. The lowest BCUT2D eigenvalue weighted by Crippen LogP contribution is -2.44. The Labute approximate surface area is 448 Å². The summed E-state index contributed by atoms with van der Waals surface area (Å²) in [5.74, 6) is 2.77. The summed E-state index contributed by atoms with van der Waals surface area (Å²) >= 11 is 0.